The van der Waals surface area contributed by atoms with Gasteiger partial charge in [0.05, 0.1) is 36.2 Å². The molecule has 1 aliphatic heterocycles. The number of carbonyl (C=O) groups excluding carboxylic acids is 8. The number of hydrogen-bond acceptors (Lipinski definition) is 20. The van der Waals surface area contributed by atoms with E-state index in [4.69, 9.17) is 28.4 Å². The second-order valence-electron chi connectivity index (χ2n) is 21.1. The number of ketones is 1. The number of aliphatic hydroxyl groups excluding tert-OH is 2. The highest BCUT2D eigenvalue weighted by atomic mass is 32.2. The molecular weight excluding hydrogens is 985 g/mol. The smallest absolute Gasteiger partial charge is 0.408 e. The van der Waals surface area contributed by atoms with Gasteiger partial charge in [0.25, 0.3) is 0 Å². The lowest BCUT2D eigenvalue weighted by Gasteiger charge is -2.67. The number of rotatable bonds is 17. The van der Waals surface area contributed by atoms with Gasteiger partial charge in [0.2, 0.25) is 11.2 Å². The monoisotopic (exact) mass is 1050 g/mol. The highest BCUT2D eigenvalue weighted by Gasteiger charge is 2.78. The molecule has 74 heavy (non-hydrogen) atoms. The van der Waals surface area contributed by atoms with Crippen LogP contribution in [-0.2, 0) is 61.4 Å². The van der Waals surface area contributed by atoms with Crippen molar-refractivity contribution in [2.24, 2.45) is 16.7 Å². The number of fused-ring (bicyclic) bond motifs is 5. The zero-order valence-corrected chi connectivity index (χ0v) is 43.9. The third kappa shape index (κ3) is 12.0. The Labute approximate surface area is 434 Å². The molecule has 2 aromatic rings. The van der Waals surface area contributed by atoms with Crippen molar-refractivity contribution in [1.29, 1.82) is 0 Å². The number of ether oxygens (including phenoxy) is 6. The van der Waals surface area contributed by atoms with Gasteiger partial charge >= 0.3 is 35.9 Å². The van der Waals surface area contributed by atoms with Gasteiger partial charge in [0.15, 0.2) is 11.4 Å². The van der Waals surface area contributed by atoms with Gasteiger partial charge in [-0.25, -0.2) is 14.4 Å². The number of hydrogen-bond donors (Lipinski definition) is 5. The predicted molar refractivity (Wildman–Crippen MR) is 263 cm³/mol. The van der Waals surface area contributed by atoms with Crippen LogP contribution < -0.4 is 10.6 Å². The average Bonchev–Trinajstić information content (AvgIpc) is 3.32. The van der Waals surface area contributed by atoms with Crippen molar-refractivity contribution in [1.82, 2.24) is 10.6 Å². The van der Waals surface area contributed by atoms with Gasteiger partial charge in [-0.05, 0) is 82.8 Å². The Balaban J connectivity index is 1.40. The second kappa shape index (κ2) is 23.0. The molecule has 0 radical (unpaired) electrons. The molecular formula is C53H68N2O18S. The van der Waals surface area contributed by atoms with E-state index in [2.05, 4.69) is 14.8 Å². The van der Waals surface area contributed by atoms with Gasteiger partial charge in [0.1, 0.15) is 53.7 Å². The summed E-state index contributed by atoms with van der Waals surface area (Å²) in [5, 5.41) is 43.4. The molecule has 3 aliphatic carbocycles. The quantitative estimate of drug-likeness (QED) is 0.0472. The molecule has 1 amide bonds. The Hall–Kier alpha value is -5.71. The van der Waals surface area contributed by atoms with Gasteiger partial charge in [-0.15, -0.1) is 0 Å². The lowest BCUT2D eigenvalue weighted by Crippen LogP contribution is -2.81. The van der Waals surface area contributed by atoms with Crippen LogP contribution in [0, 0.1) is 16.7 Å². The number of nitrogens with one attached hydrogen (secondary N) is 2. The molecule has 0 spiro atoms. The third-order valence-corrected chi connectivity index (χ3v) is 15.2. The Morgan fingerprint density at radius 2 is 1.54 bits per heavy atom. The van der Waals surface area contributed by atoms with Crippen molar-refractivity contribution >= 4 is 58.9 Å². The van der Waals surface area contributed by atoms with E-state index in [0.717, 1.165) is 6.92 Å². The predicted octanol–water partition coefficient (Wildman–Crippen LogP) is 4.70. The average molecular weight is 1050 g/mol. The number of aliphatic hydroxyl groups is 3. The maximum Gasteiger partial charge on any atom is 0.408 e. The second-order valence-corrected chi connectivity index (χ2v) is 21.8. The fourth-order valence-electron chi connectivity index (χ4n) is 10.9. The number of benzene rings is 2. The van der Waals surface area contributed by atoms with Crippen LogP contribution in [-0.4, -0.2) is 135 Å². The first-order valence-electron chi connectivity index (χ1n) is 24.6. The number of amides is 1. The van der Waals surface area contributed by atoms with Gasteiger partial charge in [0, 0.05) is 38.5 Å². The fraction of sp³-hybridized carbons (Fsp3) is 0.585. The van der Waals surface area contributed by atoms with Crippen LogP contribution in [0.4, 0.5) is 4.79 Å². The standard InChI is InChI=1S/C53H68N2O18S/c1-29-34(68-47(64)42(40(32-19-13-10-14-20-32)55-48(65)72-49(4,5)6)69-37(59)23-17-12-18-24-54-27-38(60)74-73-31(3)57)26-53(66)45(70-46(63)33-21-15-11-16-22-33)43-51(9,44(62)41(61)39(29)50(53,7)8)35(58)25-36-52(43,28-67-36)71-30(2)56/h10-11,13-16,19-22,34-36,40-43,45,54,58,61,66H,12,17-18,23-28H2,1-9H3,(H,55,65)/t34-,35-,36?,40-,41+,42+,43-,45-,51+,52-,53+/m0/s1. The molecule has 20 nitrogen and oxygen atoms in total. The minimum Gasteiger partial charge on any atom is -0.455 e. The van der Waals surface area contributed by atoms with E-state index in [1.807, 2.05) is 0 Å². The molecule has 2 bridgehead atoms. The van der Waals surface area contributed by atoms with E-state index in [9.17, 15) is 44.1 Å². The topological polar surface area (TPSA) is 286 Å². The molecule has 1 unspecified atom stereocenters. The van der Waals surface area contributed by atoms with Crippen molar-refractivity contribution < 1.29 is 86.3 Å². The van der Waals surface area contributed by atoms with Crippen LogP contribution in [0.3, 0.4) is 0 Å². The first kappa shape index (κ1) is 57.6. The van der Waals surface area contributed by atoms with Crippen molar-refractivity contribution in [3.8, 4) is 0 Å². The molecule has 5 N–H and O–H groups in total. The molecule has 21 heteroatoms. The third-order valence-electron chi connectivity index (χ3n) is 14.6. The summed E-state index contributed by atoms with van der Waals surface area (Å²) in [7, 11) is 0. The van der Waals surface area contributed by atoms with Crippen molar-refractivity contribution in [3.63, 3.8) is 0 Å². The summed E-state index contributed by atoms with van der Waals surface area (Å²) >= 11 is 0.428. The van der Waals surface area contributed by atoms with E-state index >= 15 is 9.59 Å². The zero-order chi connectivity index (χ0) is 54.6. The molecule has 1 heterocycles. The summed E-state index contributed by atoms with van der Waals surface area (Å²) in [5.41, 5.74) is -8.71. The molecule has 6 rings (SSSR count). The van der Waals surface area contributed by atoms with Gasteiger partial charge in [-0.1, -0.05) is 68.8 Å². The van der Waals surface area contributed by atoms with Crippen molar-refractivity contribution in [2.45, 2.75) is 160 Å². The summed E-state index contributed by atoms with van der Waals surface area (Å²) in [5.74, 6) is -7.00. The fourth-order valence-corrected chi connectivity index (χ4v) is 11.3. The molecule has 2 saturated carbocycles. The van der Waals surface area contributed by atoms with Gasteiger partial charge in [-0.3, -0.25) is 24.0 Å². The molecule has 2 aromatic carbocycles. The van der Waals surface area contributed by atoms with Crippen LogP contribution in [0.5, 0.6) is 0 Å². The molecule has 0 aromatic heterocycles. The molecule has 3 fully saturated rings. The Bertz CT molecular complexity index is 2480. The van der Waals surface area contributed by atoms with Gasteiger partial charge in [-0.2, -0.15) is 0 Å². The van der Waals surface area contributed by atoms with Crippen molar-refractivity contribution in [2.75, 3.05) is 19.7 Å². The van der Waals surface area contributed by atoms with Gasteiger partial charge < -0.3 is 58.6 Å². The summed E-state index contributed by atoms with van der Waals surface area (Å²) in [6.07, 6.45) is -10.8. The van der Waals surface area contributed by atoms with Crippen LogP contribution in [0.2, 0.25) is 0 Å². The van der Waals surface area contributed by atoms with E-state index in [0.29, 0.717) is 37.0 Å². The maximum atomic E-state index is 15.2. The maximum absolute atomic E-state index is 15.2. The van der Waals surface area contributed by atoms with E-state index in [-0.39, 0.29) is 49.1 Å². The summed E-state index contributed by atoms with van der Waals surface area (Å²) < 4.78 is 40.8. The Morgan fingerprint density at radius 1 is 0.892 bits per heavy atom. The molecule has 1 saturated heterocycles. The zero-order valence-electron chi connectivity index (χ0n) is 43.1. The lowest BCUT2D eigenvalue weighted by molar-refractivity contribution is -0.346. The summed E-state index contributed by atoms with van der Waals surface area (Å²) in [6, 6.07) is 14.4. The first-order chi connectivity index (χ1) is 34.7. The minimum absolute atomic E-state index is 0.0449. The number of esters is 4. The number of unbranched alkanes of at least 4 members (excludes halogenated alkanes) is 2. The van der Waals surface area contributed by atoms with Crippen LogP contribution in [0.15, 0.2) is 71.8 Å². The first-order valence-corrected chi connectivity index (χ1v) is 25.4. The van der Waals surface area contributed by atoms with Crippen LogP contribution >= 0.6 is 12.0 Å². The molecule has 11 atom stereocenters. The van der Waals surface area contributed by atoms with Crippen molar-refractivity contribution in [3.05, 3.63) is 82.9 Å². The van der Waals surface area contributed by atoms with E-state index < -0.39 is 129 Å². The lowest BCUT2D eigenvalue weighted by atomic mass is 9.44. The van der Waals surface area contributed by atoms with E-state index in [1.165, 1.54) is 46.8 Å². The summed E-state index contributed by atoms with van der Waals surface area (Å²) in [4.78, 5) is 108. The highest BCUT2D eigenvalue weighted by molar-refractivity contribution is 8.09. The minimum atomic E-state index is -2.45. The van der Waals surface area contributed by atoms with Crippen LogP contribution in [0.25, 0.3) is 0 Å². The Morgan fingerprint density at radius 3 is 2.14 bits per heavy atom. The molecule has 404 valence electrons. The van der Waals surface area contributed by atoms with Crippen LogP contribution in [0.1, 0.15) is 123 Å². The SMILES string of the molecule is CC(=O)OSC(=O)CNCCCCCC(=O)O[C@@H](C(=O)O[C@H]1C[C@@]2(O)[C@@H](OC(=O)c3ccccc3)[C@H]3[C@](C)(C(=O)[C@H](O)C(=C1C)C2(C)C)[C@@H](O)CC1OC[C@]13OC(C)=O)[C@@H](NC(=O)OC(C)(C)C)c1ccccc1. The number of alkyl carbamates (subject to hydrolysis) is 1. The Kier molecular flexibility index (Phi) is 17.9. The highest BCUT2D eigenvalue weighted by Crippen LogP contribution is 2.64. The van der Waals surface area contributed by atoms with E-state index in [1.54, 1.807) is 69.3 Å². The normalized spacial score (nSPS) is 28.7. The summed E-state index contributed by atoms with van der Waals surface area (Å²) in [6.45, 7) is 13.1. The number of Topliss-reactive ketones (excluding diaryl/α,β-unsaturated/α-hetero) is 1. The largest absolute Gasteiger partial charge is 0.455 e. The molecule has 4 aliphatic rings. The number of carbonyl (C=O) groups is 8.